The Kier molecular flexibility index (Phi) is 8.46. The van der Waals surface area contributed by atoms with Crippen LogP contribution in [0.3, 0.4) is 0 Å². The molecule has 3 aromatic carbocycles. The van der Waals surface area contributed by atoms with Gasteiger partial charge >= 0.3 is 5.97 Å². The molecular weight excluding hydrogens is 502 g/mol. The fourth-order valence-corrected chi connectivity index (χ4v) is 4.60. The van der Waals surface area contributed by atoms with Crippen LogP contribution in [0.4, 0.5) is 5.69 Å². The number of aliphatic imine (C=N–C) groups is 1. The minimum absolute atomic E-state index is 0.175. The summed E-state index contributed by atoms with van der Waals surface area (Å²) in [7, 11) is 2.99. The van der Waals surface area contributed by atoms with Crippen molar-refractivity contribution in [2.45, 2.75) is 13.5 Å². The molecule has 0 radical (unpaired) electrons. The van der Waals surface area contributed by atoms with E-state index in [1.54, 1.807) is 49.5 Å². The number of nitrogens with zero attached hydrogens (tertiary/aromatic N) is 3. The lowest BCUT2D eigenvalue weighted by Crippen LogP contribution is -2.23. The zero-order valence-electron chi connectivity index (χ0n) is 21.1. The van der Waals surface area contributed by atoms with Crippen molar-refractivity contribution >= 4 is 40.6 Å². The van der Waals surface area contributed by atoms with Crippen molar-refractivity contribution in [2.24, 2.45) is 4.99 Å². The molecule has 8 nitrogen and oxygen atoms in total. The average Bonchev–Trinajstić information content (AvgIpc) is 3.20. The van der Waals surface area contributed by atoms with Gasteiger partial charge in [0.15, 0.2) is 16.7 Å². The van der Waals surface area contributed by atoms with Gasteiger partial charge in [-0.3, -0.25) is 9.69 Å². The first-order chi connectivity index (χ1) is 18.4. The maximum absolute atomic E-state index is 12.9. The van der Waals surface area contributed by atoms with Gasteiger partial charge in [0.25, 0.3) is 5.91 Å². The molecule has 0 aliphatic carbocycles. The number of carbonyl (C=O) groups excluding carboxylic acids is 2. The Morgan fingerprint density at radius 2 is 1.84 bits per heavy atom. The fourth-order valence-electron chi connectivity index (χ4n) is 3.62. The summed E-state index contributed by atoms with van der Waals surface area (Å²) in [4.78, 5) is 31.1. The SMILES string of the molecule is CCOc1cc(/C=C2\SC(=Nc3ccc(C(=O)OC)cc3)N(C)C2=O)ccc1OCc1ccccc1C#N. The zero-order chi connectivity index (χ0) is 27.1. The highest BCUT2D eigenvalue weighted by molar-refractivity contribution is 8.18. The summed E-state index contributed by atoms with van der Waals surface area (Å²) in [5.41, 5.74) is 3.15. The van der Waals surface area contributed by atoms with E-state index in [1.165, 1.54) is 23.8 Å². The largest absolute Gasteiger partial charge is 0.490 e. The van der Waals surface area contributed by atoms with Gasteiger partial charge in [-0.1, -0.05) is 24.3 Å². The lowest BCUT2D eigenvalue weighted by atomic mass is 10.1. The van der Waals surface area contributed by atoms with E-state index in [4.69, 9.17) is 14.2 Å². The van der Waals surface area contributed by atoms with Gasteiger partial charge in [0.1, 0.15) is 6.61 Å². The van der Waals surface area contributed by atoms with Gasteiger partial charge in [-0.05, 0) is 72.8 Å². The number of likely N-dealkylation sites (N-methyl/N-ethyl adjacent to an activating group) is 1. The van der Waals surface area contributed by atoms with E-state index in [1.807, 2.05) is 37.3 Å². The summed E-state index contributed by atoms with van der Waals surface area (Å²) in [6, 6.07) is 21.5. The van der Waals surface area contributed by atoms with E-state index >= 15 is 0 Å². The quantitative estimate of drug-likeness (QED) is 0.279. The van der Waals surface area contributed by atoms with Gasteiger partial charge in [-0.2, -0.15) is 5.26 Å². The molecule has 9 heteroatoms. The topological polar surface area (TPSA) is 101 Å². The van der Waals surface area contributed by atoms with E-state index in [0.717, 1.165) is 11.1 Å². The number of thioether (sulfide) groups is 1. The molecule has 0 spiro atoms. The second-order valence-electron chi connectivity index (χ2n) is 8.10. The lowest BCUT2D eigenvalue weighted by molar-refractivity contribution is -0.121. The summed E-state index contributed by atoms with van der Waals surface area (Å²) in [5, 5.41) is 9.83. The molecule has 1 heterocycles. The third kappa shape index (κ3) is 6.05. The maximum atomic E-state index is 12.9. The van der Waals surface area contributed by atoms with Crippen LogP contribution in [0.5, 0.6) is 11.5 Å². The number of esters is 1. The van der Waals surface area contributed by atoms with Crippen molar-refractivity contribution in [3.05, 3.63) is 93.9 Å². The van der Waals surface area contributed by atoms with E-state index < -0.39 is 5.97 Å². The monoisotopic (exact) mass is 527 g/mol. The fraction of sp³-hybridized carbons (Fsp3) is 0.172. The Labute approximate surface area is 225 Å². The van der Waals surface area contributed by atoms with Crippen LogP contribution in [0.15, 0.2) is 76.6 Å². The van der Waals surface area contributed by atoms with Crippen molar-refractivity contribution < 1.29 is 23.8 Å². The van der Waals surface area contributed by atoms with E-state index in [2.05, 4.69) is 11.1 Å². The normalized spacial score (nSPS) is 15.0. The number of nitriles is 1. The molecule has 1 saturated heterocycles. The molecule has 0 N–H and O–H groups in total. The number of ether oxygens (including phenoxy) is 3. The molecule has 1 fully saturated rings. The van der Waals surface area contributed by atoms with Crippen LogP contribution in [-0.4, -0.2) is 42.7 Å². The van der Waals surface area contributed by atoms with Crippen molar-refractivity contribution in [2.75, 3.05) is 20.8 Å². The Balaban J connectivity index is 1.53. The number of amidine groups is 1. The minimum atomic E-state index is -0.424. The average molecular weight is 528 g/mol. The van der Waals surface area contributed by atoms with Crippen molar-refractivity contribution in [1.82, 2.24) is 4.90 Å². The molecule has 3 aromatic rings. The molecule has 0 bridgehead atoms. The third-order valence-corrected chi connectivity index (χ3v) is 6.66. The first kappa shape index (κ1) is 26.5. The number of hydrogen-bond donors (Lipinski definition) is 0. The van der Waals surface area contributed by atoms with E-state index in [0.29, 0.717) is 45.0 Å². The molecule has 1 aliphatic heterocycles. The standard InChI is InChI=1S/C29H25N3O5S/c1-4-36-25-15-19(9-14-24(25)37-18-22-8-6-5-7-21(22)17-30)16-26-27(33)32(2)29(38-26)31-23-12-10-20(11-13-23)28(34)35-3/h5-16H,4,18H2,1-3H3/b26-16-,31-29?. The number of rotatable bonds is 8. The summed E-state index contributed by atoms with van der Waals surface area (Å²) in [6.45, 7) is 2.54. The third-order valence-electron chi connectivity index (χ3n) is 5.60. The van der Waals surface area contributed by atoms with Gasteiger partial charge < -0.3 is 14.2 Å². The highest BCUT2D eigenvalue weighted by Crippen LogP contribution is 2.35. The van der Waals surface area contributed by atoms with Gasteiger partial charge in [0.05, 0.1) is 41.5 Å². The molecule has 1 aliphatic rings. The van der Waals surface area contributed by atoms with Crippen molar-refractivity contribution in [3.8, 4) is 17.6 Å². The van der Waals surface area contributed by atoms with Crippen LogP contribution in [-0.2, 0) is 16.1 Å². The number of hydrogen-bond acceptors (Lipinski definition) is 8. The Hall–Kier alpha value is -4.55. The first-order valence-corrected chi connectivity index (χ1v) is 12.6. The minimum Gasteiger partial charge on any atom is -0.490 e. The number of methoxy groups -OCH3 is 1. The predicted octanol–water partition coefficient (Wildman–Crippen LogP) is 5.56. The highest BCUT2D eigenvalue weighted by atomic mass is 32.2. The predicted molar refractivity (Wildman–Crippen MR) is 146 cm³/mol. The van der Waals surface area contributed by atoms with Gasteiger partial charge in [0, 0.05) is 12.6 Å². The van der Waals surface area contributed by atoms with Gasteiger partial charge in [-0.15, -0.1) is 0 Å². The highest BCUT2D eigenvalue weighted by Gasteiger charge is 2.30. The molecule has 1 amide bonds. The van der Waals surface area contributed by atoms with Crippen LogP contribution >= 0.6 is 11.8 Å². The Bertz CT molecular complexity index is 1460. The molecule has 38 heavy (non-hydrogen) atoms. The molecule has 0 saturated carbocycles. The van der Waals surface area contributed by atoms with Crippen LogP contribution in [0.25, 0.3) is 6.08 Å². The van der Waals surface area contributed by atoms with E-state index in [-0.39, 0.29) is 12.5 Å². The van der Waals surface area contributed by atoms with Crippen LogP contribution in [0.2, 0.25) is 0 Å². The smallest absolute Gasteiger partial charge is 0.337 e. The molecule has 0 atom stereocenters. The van der Waals surface area contributed by atoms with Gasteiger partial charge in [-0.25, -0.2) is 9.79 Å². The Morgan fingerprint density at radius 3 is 2.55 bits per heavy atom. The number of carbonyl (C=O) groups is 2. The number of amides is 1. The first-order valence-electron chi connectivity index (χ1n) is 11.8. The number of benzene rings is 3. The lowest BCUT2D eigenvalue weighted by Gasteiger charge is -2.13. The summed E-state index contributed by atoms with van der Waals surface area (Å²) in [6.07, 6.45) is 1.78. The van der Waals surface area contributed by atoms with Crippen molar-refractivity contribution in [3.63, 3.8) is 0 Å². The molecule has 0 unspecified atom stereocenters. The van der Waals surface area contributed by atoms with Crippen molar-refractivity contribution in [1.29, 1.82) is 5.26 Å². The zero-order valence-corrected chi connectivity index (χ0v) is 22.0. The van der Waals surface area contributed by atoms with Crippen LogP contribution < -0.4 is 9.47 Å². The molecule has 0 aromatic heterocycles. The molecular formula is C29H25N3O5S. The second kappa shape index (κ2) is 12.1. The maximum Gasteiger partial charge on any atom is 0.337 e. The second-order valence-corrected chi connectivity index (χ2v) is 9.11. The Morgan fingerprint density at radius 1 is 1.08 bits per heavy atom. The summed E-state index contributed by atoms with van der Waals surface area (Å²) >= 11 is 1.26. The molecule has 4 rings (SSSR count). The summed E-state index contributed by atoms with van der Waals surface area (Å²) in [5.74, 6) is 0.486. The van der Waals surface area contributed by atoms with Gasteiger partial charge in [0.2, 0.25) is 0 Å². The van der Waals surface area contributed by atoms with E-state index in [9.17, 15) is 14.9 Å². The molecule has 192 valence electrons. The van der Waals surface area contributed by atoms with Crippen LogP contribution in [0.1, 0.15) is 34.0 Å². The summed E-state index contributed by atoms with van der Waals surface area (Å²) < 4.78 is 16.5. The van der Waals surface area contributed by atoms with Crippen LogP contribution in [0, 0.1) is 11.3 Å².